The van der Waals surface area contributed by atoms with Gasteiger partial charge in [0.25, 0.3) is 0 Å². The van der Waals surface area contributed by atoms with Gasteiger partial charge in [0.1, 0.15) is 34.8 Å². The SMILES string of the molecule is COC(=O)N[C@H](C(=O)N1CCC[C@H]1c1nc2ccc([C@@H]3CC[C@H](c4ccc5[nH]c([C@@H]6CCCN6C(=O)[C@H](C(C)C)N(C)C(=O)O)nc5c4F)N3c3ccc(C(C)(C)C)cc3)c(F)c2[nH]1)C(C)C. The normalized spacial score (nSPS) is 20.9. The van der Waals surface area contributed by atoms with E-state index < -0.39 is 60.1 Å². The molecule has 4 N–H and O–H groups in total. The minimum absolute atomic E-state index is 0.124. The number of amides is 4. The van der Waals surface area contributed by atoms with Crippen molar-refractivity contribution in [3.8, 4) is 0 Å². The molecule has 4 amide bonds. The van der Waals surface area contributed by atoms with Gasteiger partial charge in [-0.1, -0.05) is 72.7 Å². The van der Waals surface area contributed by atoms with Crippen LogP contribution in [0.2, 0.25) is 0 Å². The zero-order chi connectivity index (χ0) is 48.2. The number of ether oxygens (including phenoxy) is 1. The van der Waals surface area contributed by atoms with E-state index in [4.69, 9.17) is 14.7 Å². The molecule has 358 valence electrons. The molecule has 8 rings (SSSR count). The van der Waals surface area contributed by atoms with Crippen LogP contribution in [0.3, 0.4) is 0 Å². The van der Waals surface area contributed by atoms with Crippen molar-refractivity contribution in [1.82, 2.24) is 40.0 Å². The van der Waals surface area contributed by atoms with E-state index in [-0.39, 0.29) is 40.1 Å². The quantitative estimate of drug-likeness (QED) is 0.100. The van der Waals surface area contributed by atoms with Crippen molar-refractivity contribution >= 4 is 51.8 Å². The van der Waals surface area contributed by atoms with Crippen molar-refractivity contribution in [2.45, 2.75) is 129 Å². The zero-order valence-electron chi connectivity index (χ0n) is 39.8. The molecule has 3 aromatic carbocycles. The molecule has 3 saturated heterocycles. The molecule has 0 spiro atoms. The molecule has 2 aromatic heterocycles. The van der Waals surface area contributed by atoms with E-state index in [1.54, 1.807) is 34.1 Å². The average Bonchev–Trinajstić information content (AvgIpc) is 4.14. The van der Waals surface area contributed by atoms with Crippen LogP contribution in [-0.4, -0.2) is 103 Å². The Kier molecular flexibility index (Phi) is 13.0. The third-order valence-electron chi connectivity index (χ3n) is 14.1. The summed E-state index contributed by atoms with van der Waals surface area (Å²) in [6, 6.07) is 11.6. The number of anilines is 1. The summed E-state index contributed by atoms with van der Waals surface area (Å²) in [5.41, 5.74) is 3.88. The second-order valence-electron chi connectivity index (χ2n) is 20.1. The molecule has 15 nitrogen and oxygen atoms in total. The molecular weight excluding hydrogens is 861 g/mol. The summed E-state index contributed by atoms with van der Waals surface area (Å²) >= 11 is 0. The number of likely N-dealkylation sites (N-methyl/N-ethyl adjacent to an activating group) is 1. The lowest BCUT2D eigenvalue weighted by Gasteiger charge is -2.34. The number of halogens is 2. The second-order valence-corrected chi connectivity index (χ2v) is 20.1. The number of aromatic nitrogens is 4. The summed E-state index contributed by atoms with van der Waals surface area (Å²) in [7, 11) is 2.65. The first-order valence-electron chi connectivity index (χ1n) is 23.5. The summed E-state index contributed by atoms with van der Waals surface area (Å²) in [4.78, 5) is 74.5. The number of H-pyrrole nitrogens is 2. The fraction of sp³-hybridized carbons (Fsp3) is 0.520. The minimum atomic E-state index is -1.19. The summed E-state index contributed by atoms with van der Waals surface area (Å²) in [5.74, 6) is -1.14. The lowest BCUT2D eigenvalue weighted by molar-refractivity contribution is -0.138. The van der Waals surface area contributed by atoms with E-state index in [9.17, 15) is 24.3 Å². The Labute approximate surface area is 389 Å². The number of hydrogen-bond acceptors (Lipinski definition) is 8. The summed E-state index contributed by atoms with van der Waals surface area (Å²) < 4.78 is 39.3. The van der Waals surface area contributed by atoms with Crippen LogP contribution in [0.4, 0.5) is 24.1 Å². The number of nitrogens with zero attached hydrogens (tertiary/aromatic N) is 6. The number of imidazole rings is 2. The number of benzene rings is 3. The van der Waals surface area contributed by atoms with Crippen molar-refractivity contribution in [2.24, 2.45) is 11.8 Å². The Hall–Kier alpha value is -6.26. The maximum absolute atomic E-state index is 17.2. The van der Waals surface area contributed by atoms with E-state index in [0.29, 0.717) is 85.4 Å². The topological polar surface area (TPSA) is 180 Å². The van der Waals surface area contributed by atoms with E-state index in [1.807, 2.05) is 39.8 Å². The van der Waals surface area contributed by atoms with Gasteiger partial charge < -0.3 is 39.8 Å². The number of carbonyl (C=O) groups excluding carboxylic acids is 3. The van der Waals surface area contributed by atoms with Gasteiger partial charge in [0.15, 0.2) is 11.6 Å². The molecule has 67 heavy (non-hydrogen) atoms. The van der Waals surface area contributed by atoms with Gasteiger partial charge in [-0.3, -0.25) is 14.5 Å². The Morgan fingerprint density at radius 2 is 1.36 bits per heavy atom. The highest BCUT2D eigenvalue weighted by atomic mass is 19.1. The molecule has 0 aliphatic carbocycles. The number of fused-ring (bicyclic) bond motifs is 2. The van der Waals surface area contributed by atoms with E-state index in [0.717, 1.165) is 16.2 Å². The molecule has 5 aromatic rings. The molecule has 0 bridgehead atoms. The van der Waals surface area contributed by atoms with Crippen LogP contribution >= 0.6 is 0 Å². The summed E-state index contributed by atoms with van der Waals surface area (Å²) in [6.07, 6.45) is 1.72. The van der Waals surface area contributed by atoms with Gasteiger partial charge in [-0.2, -0.15) is 0 Å². The van der Waals surface area contributed by atoms with E-state index in [2.05, 4.69) is 53.1 Å². The van der Waals surface area contributed by atoms with Crippen molar-refractivity contribution in [3.63, 3.8) is 0 Å². The maximum atomic E-state index is 17.2. The number of alkyl carbamates (subject to hydrolysis) is 1. The van der Waals surface area contributed by atoms with Gasteiger partial charge in [0.05, 0.1) is 42.3 Å². The monoisotopic (exact) mass is 923 g/mol. The number of carboxylic acid groups (broad SMARTS) is 1. The van der Waals surface area contributed by atoms with Crippen LogP contribution in [0.15, 0.2) is 48.5 Å². The van der Waals surface area contributed by atoms with Crippen LogP contribution in [0.5, 0.6) is 0 Å². The third-order valence-corrected chi connectivity index (χ3v) is 14.1. The molecular formula is C50H63F2N9O6. The molecule has 0 unspecified atom stereocenters. The molecule has 0 saturated carbocycles. The Balaban J connectivity index is 1.13. The van der Waals surface area contributed by atoms with Crippen LogP contribution < -0.4 is 10.2 Å². The number of rotatable bonds is 11. The van der Waals surface area contributed by atoms with Crippen LogP contribution in [0.25, 0.3) is 22.1 Å². The predicted molar refractivity (Wildman–Crippen MR) is 250 cm³/mol. The highest BCUT2D eigenvalue weighted by molar-refractivity contribution is 5.87. The Morgan fingerprint density at radius 3 is 1.93 bits per heavy atom. The first-order chi connectivity index (χ1) is 31.8. The highest BCUT2D eigenvalue weighted by Crippen LogP contribution is 2.49. The fourth-order valence-electron chi connectivity index (χ4n) is 10.6. The molecule has 3 aliphatic rings. The first kappa shape index (κ1) is 47.2. The number of methoxy groups -OCH3 is 1. The van der Waals surface area contributed by atoms with Crippen molar-refractivity contribution in [3.05, 3.63) is 88.5 Å². The summed E-state index contributed by atoms with van der Waals surface area (Å²) in [5, 5.41) is 12.4. The Morgan fingerprint density at radius 1 is 0.776 bits per heavy atom. The molecule has 5 heterocycles. The van der Waals surface area contributed by atoms with E-state index in [1.165, 1.54) is 14.2 Å². The van der Waals surface area contributed by atoms with Crippen LogP contribution in [-0.2, 0) is 19.7 Å². The van der Waals surface area contributed by atoms with Crippen LogP contribution in [0, 0.1) is 23.5 Å². The van der Waals surface area contributed by atoms with Gasteiger partial charge >= 0.3 is 12.2 Å². The second kappa shape index (κ2) is 18.4. The first-order valence-corrected chi connectivity index (χ1v) is 23.5. The van der Waals surface area contributed by atoms with Gasteiger partial charge in [-0.15, -0.1) is 0 Å². The van der Waals surface area contributed by atoms with Gasteiger partial charge in [-0.25, -0.2) is 28.3 Å². The molecule has 17 heteroatoms. The largest absolute Gasteiger partial charge is 0.465 e. The lowest BCUT2D eigenvalue weighted by Crippen LogP contribution is -2.51. The Bertz CT molecular complexity index is 2680. The third kappa shape index (κ3) is 8.77. The summed E-state index contributed by atoms with van der Waals surface area (Å²) in [6.45, 7) is 14.6. The van der Waals surface area contributed by atoms with Crippen molar-refractivity contribution in [2.75, 3.05) is 32.1 Å². The van der Waals surface area contributed by atoms with Crippen molar-refractivity contribution < 1.29 is 37.8 Å². The van der Waals surface area contributed by atoms with Gasteiger partial charge in [0, 0.05) is 37.0 Å². The minimum Gasteiger partial charge on any atom is -0.465 e. The zero-order valence-corrected chi connectivity index (χ0v) is 39.8. The number of hydrogen-bond donors (Lipinski definition) is 4. The highest BCUT2D eigenvalue weighted by Gasteiger charge is 2.43. The maximum Gasteiger partial charge on any atom is 0.407 e. The standard InChI is InChI=1S/C50H63F2N9O6/c1-26(2)40(57-48(64)67-9)46(62)59-24-10-12-36(59)44-53-32-20-18-30(38(51)41(32)55-44)34-22-23-35(61(34)29-16-14-28(15-17-29)50(5,6)7)31-19-21-33-42(39(31)52)56-45(54-33)37-13-11-25-60(37)47(63)43(27(3)4)58(8)49(65)66/h14-21,26-27,34-37,40,43H,10-13,22-25H2,1-9H3,(H,53,55)(H,54,56)(H,57,64)(H,65,66)/t34-,35+,36-,37-,40-,43-/m0/s1. The lowest BCUT2D eigenvalue weighted by atomic mass is 9.87. The number of likely N-dealkylation sites (tertiary alicyclic amines) is 2. The number of aromatic amines is 2. The smallest absolute Gasteiger partial charge is 0.407 e. The molecule has 3 aliphatic heterocycles. The van der Waals surface area contributed by atoms with E-state index >= 15 is 8.78 Å². The fourth-order valence-corrected chi connectivity index (χ4v) is 10.6. The number of nitrogens with one attached hydrogen (secondary N) is 3. The number of carbonyl (C=O) groups is 4. The predicted octanol–water partition coefficient (Wildman–Crippen LogP) is 9.44. The van der Waals surface area contributed by atoms with Crippen molar-refractivity contribution in [1.29, 1.82) is 0 Å². The van der Waals surface area contributed by atoms with Gasteiger partial charge in [-0.05, 0) is 85.6 Å². The molecule has 3 fully saturated rings. The van der Waals surface area contributed by atoms with Crippen LogP contribution in [0.1, 0.15) is 139 Å². The molecule has 0 radical (unpaired) electrons. The molecule has 6 atom stereocenters. The average molecular weight is 924 g/mol. The van der Waals surface area contributed by atoms with Gasteiger partial charge in [0.2, 0.25) is 11.8 Å².